The van der Waals surface area contributed by atoms with Crippen molar-refractivity contribution in [2.45, 2.75) is 33.6 Å². The molecule has 1 aromatic heterocycles. The molecule has 0 saturated carbocycles. The molecule has 6 heteroatoms. The molecule has 1 atom stereocenters. The van der Waals surface area contributed by atoms with Crippen LogP contribution in [0.3, 0.4) is 0 Å². The van der Waals surface area contributed by atoms with E-state index in [2.05, 4.69) is 4.98 Å². The summed E-state index contributed by atoms with van der Waals surface area (Å²) in [6, 6.07) is 3.17. The number of carbonyl (C=O) groups excluding carboxylic acids is 2. The van der Waals surface area contributed by atoms with Crippen molar-refractivity contribution in [3.63, 3.8) is 0 Å². The molecule has 1 unspecified atom stereocenters. The van der Waals surface area contributed by atoms with Gasteiger partial charge in [-0.05, 0) is 39.8 Å². The van der Waals surface area contributed by atoms with E-state index in [1.165, 1.54) is 6.07 Å². The van der Waals surface area contributed by atoms with E-state index in [-0.39, 0.29) is 19.0 Å². The Hall–Kier alpha value is -2.50. The van der Waals surface area contributed by atoms with Gasteiger partial charge in [-0.15, -0.1) is 0 Å². The van der Waals surface area contributed by atoms with E-state index in [1.807, 2.05) is 0 Å². The number of aromatic amines is 1. The maximum absolute atomic E-state index is 12.3. The molecule has 0 bridgehead atoms. The van der Waals surface area contributed by atoms with Gasteiger partial charge < -0.3 is 19.6 Å². The standard InChI is InChI=1S/C17H21NO5/c1-5-22-16(20)9(3)13-12(19)8-7-11-15(13)14(10(4)18-11)17(21)23-6-2/h7-9,18-19H,5-6H2,1-4H3. The second kappa shape index (κ2) is 6.73. The molecule has 6 nitrogen and oxygen atoms in total. The van der Waals surface area contributed by atoms with Gasteiger partial charge in [0.25, 0.3) is 0 Å². The molecule has 2 N–H and O–H groups in total. The Morgan fingerprint density at radius 1 is 1.22 bits per heavy atom. The number of H-pyrrole nitrogens is 1. The van der Waals surface area contributed by atoms with Crippen LogP contribution in [-0.2, 0) is 14.3 Å². The summed E-state index contributed by atoms with van der Waals surface area (Å²) in [7, 11) is 0. The van der Waals surface area contributed by atoms with Crippen LogP contribution in [0.1, 0.15) is 48.3 Å². The third-order valence-corrected chi connectivity index (χ3v) is 3.72. The van der Waals surface area contributed by atoms with E-state index >= 15 is 0 Å². The van der Waals surface area contributed by atoms with Crippen LogP contribution < -0.4 is 0 Å². The summed E-state index contributed by atoms with van der Waals surface area (Å²) in [5.41, 5.74) is 1.99. The van der Waals surface area contributed by atoms with Crippen molar-refractivity contribution < 1.29 is 24.2 Å². The van der Waals surface area contributed by atoms with Crippen molar-refractivity contribution in [2.75, 3.05) is 13.2 Å². The zero-order valence-corrected chi connectivity index (χ0v) is 13.7. The number of esters is 2. The minimum atomic E-state index is -0.706. The van der Waals surface area contributed by atoms with Gasteiger partial charge in [0, 0.05) is 22.2 Å². The Bertz CT molecular complexity index is 747. The molecule has 2 aromatic rings. The van der Waals surface area contributed by atoms with Gasteiger partial charge >= 0.3 is 11.9 Å². The van der Waals surface area contributed by atoms with Gasteiger partial charge in [-0.2, -0.15) is 0 Å². The highest BCUT2D eigenvalue weighted by atomic mass is 16.5. The summed E-state index contributed by atoms with van der Waals surface area (Å²) in [5.74, 6) is -1.70. The van der Waals surface area contributed by atoms with Crippen LogP contribution in [0, 0.1) is 6.92 Å². The Morgan fingerprint density at radius 2 is 1.87 bits per heavy atom. The lowest BCUT2D eigenvalue weighted by molar-refractivity contribution is -0.144. The number of hydrogen-bond donors (Lipinski definition) is 2. The fraction of sp³-hybridized carbons (Fsp3) is 0.412. The highest BCUT2D eigenvalue weighted by Crippen LogP contribution is 2.37. The molecule has 0 amide bonds. The van der Waals surface area contributed by atoms with Crippen LogP contribution in [0.15, 0.2) is 12.1 Å². The third kappa shape index (κ3) is 3.02. The first-order valence-electron chi connectivity index (χ1n) is 7.60. The number of aromatic hydroxyl groups is 1. The number of rotatable bonds is 5. The zero-order valence-electron chi connectivity index (χ0n) is 13.7. The van der Waals surface area contributed by atoms with E-state index < -0.39 is 17.9 Å². The Kier molecular flexibility index (Phi) is 4.93. The molecule has 23 heavy (non-hydrogen) atoms. The van der Waals surface area contributed by atoms with Gasteiger partial charge in [-0.3, -0.25) is 4.79 Å². The number of benzene rings is 1. The summed E-state index contributed by atoms with van der Waals surface area (Å²) in [6.45, 7) is 7.33. The monoisotopic (exact) mass is 319 g/mol. The molecule has 0 aliphatic heterocycles. The number of phenols is 1. The fourth-order valence-corrected chi connectivity index (χ4v) is 2.72. The van der Waals surface area contributed by atoms with Gasteiger partial charge in [-0.25, -0.2) is 4.79 Å². The number of aromatic nitrogens is 1. The normalized spacial score (nSPS) is 12.2. The Labute approximate surface area is 134 Å². The average Bonchev–Trinajstić information content (AvgIpc) is 2.83. The molecule has 1 aromatic carbocycles. The number of phenolic OH excluding ortho intramolecular Hbond substituents is 1. The summed E-state index contributed by atoms with van der Waals surface area (Å²) in [5, 5.41) is 10.8. The van der Waals surface area contributed by atoms with Crippen molar-refractivity contribution in [2.24, 2.45) is 0 Å². The van der Waals surface area contributed by atoms with E-state index in [4.69, 9.17) is 9.47 Å². The minimum absolute atomic E-state index is 0.0531. The second-order valence-electron chi connectivity index (χ2n) is 5.24. The molecular formula is C17H21NO5. The largest absolute Gasteiger partial charge is 0.508 e. The fourth-order valence-electron chi connectivity index (χ4n) is 2.72. The first kappa shape index (κ1) is 16.9. The lowest BCUT2D eigenvalue weighted by atomic mass is 9.93. The first-order valence-corrected chi connectivity index (χ1v) is 7.60. The van der Waals surface area contributed by atoms with Gasteiger partial charge in [0.05, 0.1) is 24.7 Å². The SMILES string of the molecule is CCOC(=O)c1c(C)[nH]c2ccc(O)c(C(C)C(=O)OCC)c12. The maximum Gasteiger partial charge on any atom is 0.340 e. The predicted octanol–water partition coefficient (Wildman–Crippen LogP) is 3.03. The highest BCUT2D eigenvalue weighted by molar-refractivity contribution is 6.08. The smallest absolute Gasteiger partial charge is 0.340 e. The van der Waals surface area contributed by atoms with Crippen LogP contribution in [-0.4, -0.2) is 35.2 Å². The van der Waals surface area contributed by atoms with E-state index in [0.717, 1.165) is 0 Å². The van der Waals surface area contributed by atoms with Crippen LogP contribution in [0.4, 0.5) is 0 Å². The van der Waals surface area contributed by atoms with Crippen LogP contribution in [0.2, 0.25) is 0 Å². The first-order chi connectivity index (χ1) is 10.9. The number of nitrogens with one attached hydrogen (secondary N) is 1. The van der Waals surface area contributed by atoms with Crippen molar-refractivity contribution in [3.05, 3.63) is 29.0 Å². The lowest BCUT2D eigenvalue weighted by Crippen LogP contribution is -2.14. The van der Waals surface area contributed by atoms with Crippen molar-refractivity contribution in [1.82, 2.24) is 4.98 Å². The van der Waals surface area contributed by atoms with E-state index in [1.54, 1.807) is 33.8 Å². The van der Waals surface area contributed by atoms with Crippen LogP contribution >= 0.6 is 0 Å². The molecule has 0 fully saturated rings. The van der Waals surface area contributed by atoms with Crippen LogP contribution in [0.5, 0.6) is 5.75 Å². The summed E-state index contributed by atoms with van der Waals surface area (Å²) < 4.78 is 10.1. The molecular weight excluding hydrogens is 298 g/mol. The van der Waals surface area contributed by atoms with Gasteiger partial charge in [0.2, 0.25) is 0 Å². The number of hydrogen-bond acceptors (Lipinski definition) is 5. The average molecular weight is 319 g/mol. The van der Waals surface area contributed by atoms with Crippen molar-refractivity contribution in [3.8, 4) is 5.75 Å². The number of carbonyl (C=O) groups is 2. The van der Waals surface area contributed by atoms with E-state index in [0.29, 0.717) is 27.7 Å². The molecule has 0 spiro atoms. The van der Waals surface area contributed by atoms with Crippen LogP contribution in [0.25, 0.3) is 10.9 Å². The topological polar surface area (TPSA) is 88.6 Å². The molecule has 0 radical (unpaired) electrons. The Morgan fingerprint density at radius 3 is 2.48 bits per heavy atom. The van der Waals surface area contributed by atoms with Gasteiger partial charge in [-0.1, -0.05) is 0 Å². The molecule has 124 valence electrons. The van der Waals surface area contributed by atoms with E-state index in [9.17, 15) is 14.7 Å². The third-order valence-electron chi connectivity index (χ3n) is 3.72. The number of ether oxygens (including phenoxy) is 2. The zero-order chi connectivity index (χ0) is 17.1. The molecule has 1 heterocycles. The highest BCUT2D eigenvalue weighted by Gasteiger charge is 2.28. The molecule has 0 saturated heterocycles. The molecule has 0 aliphatic rings. The predicted molar refractivity (Wildman–Crippen MR) is 85.7 cm³/mol. The summed E-state index contributed by atoms with van der Waals surface area (Å²) in [6.07, 6.45) is 0. The van der Waals surface area contributed by atoms with Crippen molar-refractivity contribution in [1.29, 1.82) is 0 Å². The quantitative estimate of drug-likeness (QED) is 0.827. The number of aryl methyl sites for hydroxylation is 1. The van der Waals surface area contributed by atoms with Gasteiger partial charge in [0.15, 0.2) is 0 Å². The Balaban J connectivity index is 2.70. The molecule has 0 aliphatic carbocycles. The number of fused-ring (bicyclic) bond motifs is 1. The summed E-state index contributed by atoms with van der Waals surface area (Å²) >= 11 is 0. The second-order valence-corrected chi connectivity index (χ2v) is 5.24. The minimum Gasteiger partial charge on any atom is -0.508 e. The maximum atomic E-state index is 12.3. The summed E-state index contributed by atoms with van der Waals surface area (Å²) in [4.78, 5) is 27.5. The van der Waals surface area contributed by atoms with Gasteiger partial charge in [0.1, 0.15) is 5.75 Å². The molecule has 2 rings (SSSR count). The lowest BCUT2D eigenvalue weighted by Gasteiger charge is -2.15. The van der Waals surface area contributed by atoms with Crippen molar-refractivity contribution >= 4 is 22.8 Å².